The van der Waals surface area contributed by atoms with E-state index in [4.69, 9.17) is 9.47 Å². The second-order valence-electron chi connectivity index (χ2n) is 6.99. The summed E-state index contributed by atoms with van der Waals surface area (Å²) in [7, 11) is 0. The van der Waals surface area contributed by atoms with E-state index >= 15 is 0 Å². The van der Waals surface area contributed by atoms with E-state index in [2.05, 4.69) is 36.6 Å². The van der Waals surface area contributed by atoms with E-state index < -0.39 is 0 Å². The average molecular weight is 318 g/mol. The van der Waals surface area contributed by atoms with Crippen molar-refractivity contribution in [2.24, 2.45) is 5.92 Å². The Bertz CT molecular complexity index is 471. The first-order chi connectivity index (χ1) is 11.2. The molecule has 1 aromatic rings. The van der Waals surface area contributed by atoms with Gasteiger partial charge in [-0.2, -0.15) is 0 Å². The summed E-state index contributed by atoms with van der Waals surface area (Å²) in [6.45, 7) is 7.82. The highest BCUT2D eigenvalue weighted by atomic mass is 16.5. The van der Waals surface area contributed by atoms with Gasteiger partial charge in [0.05, 0.1) is 13.2 Å². The molecule has 23 heavy (non-hydrogen) atoms. The number of hydrogen-bond acceptors (Lipinski definition) is 4. The molecular weight excluding hydrogens is 288 g/mol. The van der Waals surface area contributed by atoms with Gasteiger partial charge in [0.25, 0.3) is 0 Å². The second kappa shape index (κ2) is 8.13. The molecule has 0 bridgehead atoms. The lowest BCUT2D eigenvalue weighted by Crippen LogP contribution is -2.51. The third kappa shape index (κ3) is 4.69. The molecule has 1 saturated carbocycles. The maximum absolute atomic E-state index is 6.01. The molecule has 0 spiro atoms. The Kier molecular flexibility index (Phi) is 5.92. The molecule has 128 valence electrons. The van der Waals surface area contributed by atoms with Gasteiger partial charge in [-0.25, -0.2) is 0 Å². The van der Waals surface area contributed by atoms with Crippen molar-refractivity contribution in [3.8, 4) is 5.75 Å². The summed E-state index contributed by atoms with van der Waals surface area (Å²) in [6.07, 6.45) is 4.05. The van der Waals surface area contributed by atoms with Gasteiger partial charge >= 0.3 is 0 Å². The van der Waals surface area contributed by atoms with Crippen molar-refractivity contribution in [2.75, 3.05) is 26.3 Å². The van der Waals surface area contributed by atoms with Crippen molar-refractivity contribution in [3.05, 3.63) is 29.8 Å². The summed E-state index contributed by atoms with van der Waals surface area (Å²) < 4.78 is 11.6. The quantitative estimate of drug-likeness (QED) is 0.846. The largest absolute Gasteiger partial charge is 0.489 e. The summed E-state index contributed by atoms with van der Waals surface area (Å²) in [4.78, 5) is 0. The number of nitrogens with one attached hydrogen (secondary N) is 2. The highest BCUT2D eigenvalue weighted by Gasteiger charge is 2.34. The Labute approximate surface area is 139 Å². The fourth-order valence-corrected chi connectivity index (χ4v) is 3.79. The smallest absolute Gasteiger partial charge is 0.119 e. The SMILES string of the molecule is Cc1ccc(OC(C)CNC2CCCC2C2COCCN2)cc1. The van der Waals surface area contributed by atoms with Crippen LogP contribution >= 0.6 is 0 Å². The van der Waals surface area contributed by atoms with Crippen LogP contribution in [0.5, 0.6) is 5.75 Å². The third-order valence-corrected chi connectivity index (χ3v) is 5.06. The van der Waals surface area contributed by atoms with Crippen LogP contribution in [-0.2, 0) is 4.74 Å². The Hall–Kier alpha value is -1.10. The molecule has 1 saturated heterocycles. The molecule has 3 rings (SSSR count). The lowest BCUT2D eigenvalue weighted by atomic mass is 9.94. The normalized spacial score (nSPS) is 29.4. The van der Waals surface area contributed by atoms with E-state index in [1.807, 2.05) is 12.1 Å². The van der Waals surface area contributed by atoms with Crippen molar-refractivity contribution in [3.63, 3.8) is 0 Å². The fraction of sp³-hybridized carbons (Fsp3) is 0.684. The minimum atomic E-state index is 0.175. The molecule has 1 aliphatic heterocycles. The molecule has 0 radical (unpaired) electrons. The molecular formula is C19H30N2O2. The van der Waals surface area contributed by atoms with Crippen LogP contribution in [0.25, 0.3) is 0 Å². The predicted molar refractivity (Wildman–Crippen MR) is 93.0 cm³/mol. The zero-order valence-corrected chi connectivity index (χ0v) is 14.4. The van der Waals surface area contributed by atoms with Crippen LogP contribution < -0.4 is 15.4 Å². The van der Waals surface area contributed by atoms with E-state index in [-0.39, 0.29) is 6.10 Å². The topological polar surface area (TPSA) is 42.5 Å². The lowest BCUT2D eigenvalue weighted by Gasteiger charge is -2.33. The van der Waals surface area contributed by atoms with Crippen molar-refractivity contribution >= 4 is 0 Å². The molecule has 1 aromatic carbocycles. The predicted octanol–water partition coefficient (Wildman–Crippen LogP) is 2.51. The standard InChI is InChI=1S/C19H30N2O2/c1-14-6-8-16(9-7-14)23-15(2)12-21-18-5-3-4-17(18)19-13-22-11-10-20-19/h6-9,15,17-21H,3-5,10-13H2,1-2H3. The molecule has 4 heteroatoms. The minimum Gasteiger partial charge on any atom is -0.489 e. The van der Waals surface area contributed by atoms with E-state index in [0.29, 0.717) is 18.0 Å². The average Bonchev–Trinajstić information content (AvgIpc) is 3.04. The van der Waals surface area contributed by atoms with E-state index in [9.17, 15) is 0 Å². The summed E-state index contributed by atoms with van der Waals surface area (Å²) in [5.41, 5.74) is 1.26. The molecule has 2 N–H and O–H groups in total. The van der Waals surface area contributed by atoms with Crippen molar-refractivity contribution in [1.82, 2.24) is 10.6 Å². The monoisotopic (exact) mass is 318 g/mol. The van der Waals surface area contributed by atoms with Crippen LogP contribution in [0.2, 0.25) is 0 Å². The molecule has 0 aromatic heterocycles. The van der Waals surface area contributed by atoms with Crippen LogP contribution in [0.4, 0.5) is 0 Å². The van der Waals surface area contributed by atoms with Crippen molar-refractivity contribution in [1.29, 1.82) is 0 Å². The first-order valence-electron chi connectivity index (χ1n) is 9.00. The summed E-state index contributed by atoms with van der Waals surface area (Å²) in [5, 5.41) is 7.37. The van der Waals surface area contributed by atoms with Crippen LogP contribution in [0.15, 0.2) is 24.3 Å². The lowest BCUT2D eigenvalue weighted by molar-refractivity contribution is 0.0518. The molecule has 4 unspecified atom stereocenters. The van der Waals surface area contributed by atoms with E-state index in [0.717, 1.165) is 32.1 Å². The summed E-state index contributed by atoms with van der Waals surface area (Å²) in [5.74, 6) is 1.64. The molecule has 1 aliphatic carbocycles. The van der Waals surface area contributed by atoms with Gasteiger partial charge in [-0.05, 0) is 44.7 Å². The van der Waals surface area contributed by atoms with Gasteiger partial charge in [0.2, 0.25) is 0 Å². The Morgan fingerprint density at radius 3 is 2.87 bits per heavy atom. The maximum atomic E-state index is 6.01. The molecule has 1 heterocycles. The number of ether oxygens (including phenoxy) is 2. The summed E-state index contributed by atoms with van der Waals surface area (Å²) in [6, 6.07) is 9.38. The Balaban J connectivity index is 1.45. The van der Waals surface area contributed by atoms with Crippen LogP contribution in [0.1, 0.15) is 31.7 Å². The number of rotatable bonds is 6. The van der Waals surface area contributed by atoms with Gasteiger partial charge in [0, 0.05) is 25.2 Å². The van der Waals surface area contributed by atoms with Gasteiger partial charge < -0.3 is 20.1 Å². The number of morpholine rings is 1. The van der Waals surface area contributed by atoms with Crippen molar-refractivity contribution < 1.29 is 9.47 Å². The molecule has 2 aliphatic rings. The minimum absolute atomic E-state index is 0.175. The Morgan fingerprint density at radius 1 is 1.30 bits per heavy atom. The summed E-state index contributed by atoms with van der Waals surface area (Å²) >= 11 is 0. The fourth-order valence-electron chi connectivity index (χ4n) is 3.79. The number of benzene rings is 1. The van der Waals surface area contributed by atoms with Crippen LogP contribution in [0, 0.1) is 12.8 Å². The van der Waals surface area contributed by atoms with Gasteiger partial charge in [0.15, 0.2) is 0 Å². The molecule has 4 nitrogen and oxygen atoms in total. The first kappa shape index (κ1) is 16.7. The highest BCUT2D eigenvalue weighted by molar-refractivity contribution is 5.26. The zero-order valence-electron chi connectivity index (χ0n) is 14.4. The Morgan fingerprint density at radius 2 is 2.13 bits per heavy atom. The molecule has 2 fully saturated rings. The van der Waals surface area contributed by atoms with E-state index in [1.54, 1.807) is 0 Å². The van der Waals surface area contributed by atoms with Crippen molar-refractivity contribution in [2.45, 2.75) is 51.3 Å². The zero-order chi connectivity index (χ0) is 16.1. The van der Waals surface area contributed by atoms with Crippen LogP contribution in [0.3, 0.4) is 0 Å². The molecule has 4 atom stereocenters. The van der Waals surface area contributed by atoms with Gasteiger partial charge in [-0.15, -0.1) is 0 Å². The highest BCUT2D eigenvalue weighted by Crippen LogP contribution is 2.29. The van der Waals surface area contributed by atoms with Gasteiger partial charge in [-0.1, -0.05) is 24.1 Å². The third-order valence-electron chi connectivity index (χ3n) is 5.06. The number of hydrogen-bond donors (Lipinski definition) is 2. The van der Waals surface area contributed by atoms with Gasteiger partial charge in [0.1, 0.15) is 11.9 Å². The molecule has 0 amide bonds. The van der Waals surface area contributed by atoms with E-state index in [1.165, 1.54) is 24.8 Å². The maximum Gasteiger partial charge on any atom is 0.119 e. The first-order valence-corrected chi connectivity index (χ1v) is 9.00. The van der Waals surface area contributed by atoms with Crippen LogP contribution in [-0.4, -0.2) is 44.5 Å². The number of aryl methyl sites for hydroxylation is 1. The van der Waals surface area contributed by atoms with Gasteiger partial charge in [-0.3, -0.25) is 0 Å². The second-order valence-corrected chi connectivity index (χ2v) is 6.99.